The number of benzene rings is 1. The van der Waals surface area contributed by atoms with Crippen molar-refractivity contribution in [3.8, 4) is 0 Å². The molecule has 0 atom stereocenters. The maximum Gasteiger partial charge on any atom is 0.191 e. The lowest BCUT2D eigenvalue weighted by atomic mass is 10.1. The summed E-state index contributed by atoms with van der Waals surface area (Å²) in [5.74, 6) is -0.336. The topological polar surface area (TPSA) is 17.1 Å². The second-order valence-corrected chi connectivity index (χ2v) is 5.61. The van der Waals surface area contributed by atoms with Crippen LogP contribution in [-0.4, -0.2) is 0 Å². The molecule has 1 heterocycles. The molecule has 2 aromatic rings. The molecule has 0 saturated heterocycles. The number of fused-ring (bicyclic) bond motifs is 1. The molecule has 0 aliphatic rings. The summed E-state index contributed by atoms with van der Waals surface area (Å²) >= 11 is 1.63. The lowest BCUT2D eigenvalue weighted by molar-refractivity contribution is 0.629. The van der Waals surface area contributed by atoms with Gasteiger partial charge in [-0.2, -0.15) is 0 Å². The predicted molar refractivity (Wildman–Crippen MR) is 76.0 cm³/mol. The van der Waals surface area contributed by atoms with E-state index >= 15 is 0 Å². The summed E-state index contributed by atoms with van der Waals surface area (Å²) in [5.41, 5.74) is 0.913. The first-order valence-electron chi connectivity index (χ1n) is 6.41. The van der Waals surface area contributed by atoms with Gasteiger partial charge in [0.15, 0.2) is 5.43 Å². The van der Waals surface area contributed by atoms with Crippen LogP contribution in [0.5, 0.6) is 0 Å². The molecule has 18 heavy (non-hydrogen) atoms. The first-order valence-corrected chi connectivity index (χ1v) is 7.23. The standard InChI is InChI=1S/C15H17FOS/c1-3-5-11-13(6-4-2)18-14-8-7-10(16)9-12(14)15(11)17/h7-9H,3-6H2,1-2H3. The van der Waals surface area contributed by atoms with Gasteiger partial charge in [0.05, 0.1) is 0 Å². The van der Waals surface area contributed by atoms with Gasteiger partial charge >= 0.3 is 0 Å². The van der Waals surface area contributed by atoms with Crippen LogP contribution < -0.4 is 5.43 Å². The Hall–Kier alpha value is -1.22. The van der Waals surface area contributed by atoms with Crippen molar-refractivity contribution in [2.75, 3.05) is 0 Å². The highest BCUT2D eigenvalue weighted by atomic mass is 32.1. The Kier molecular flexibility index (Phi) is 4.12. The van der Waals surface area contributed by atoms with Gasteiger partial charge in [-0.25, -0.2) is 4.39 Å². The van der Waals surface area contributed by atoms with E-state index in [1.165, 1.54) is 17.0 Å². The Bertz CT molecular complexity index is 616. The number of rotatable bonds is 4. The van der Waals surface area contributed by atoms with Gasteiger partial charge in [-0.05, 0) is 31.0 Å². The van der Waals surface area contributed by atoms with E-state index in [0.717, 1.165) is 35.9 Å². The quantitative estimate of drug-likeness (QED) is 0.804. The SMILES string of the molecule is CCCc1sc2ccc(F)cc2c(=O)c1CCC. The predicted octanol–water partition coefficient (Wildman–Crippen LogP) is 4.31. The molecule has 1 aromatic heterocycles. The summed E-state index contributed by atoms with van der Waals surface area (Å²) in [5, 5.41) is 0.531. The van der Waals surface area contributed by atoms with E-state index in [1.54, 1.807) is 17.4 Å². The summed E-state index contributed by atoms with van der Waals surface area (Å²) < 4.78 is 14.1. The summed E-state index contributed by atoms with van der Waals surface area (Å²) in [6.45, 7) is 4.18. The Balaban J connectivity index is 2.72. The maximum atomic E-state index is 13.2. The third-order valence-corrected chi connectivity index (χ3v) is 4.28. The molecular weight excluding hydrogens is 247 g/mol. The Morgan fingerprint density at radius 1 is 1.17 bits per heavy atom. The van der Waals surface area contributed by atoms with E-state index in [1.807, 2.05) is 0 Å². The lowest BCUT2D eigenvalue weighted by Gasteiger charge is -2.08. The summed E-state index contributed by atoms with van der Waals surface area (Å²) in [4.78, 5) is 13.6. The number of hydrogen-bond donors (Lipinski definition) is 0. The van der Waals surface area contributed by atoms with Crippen LogP contribution in [-0.2, 0) is 12.8 Å². The molecule has 0 aliphatic carbocycles. The first kappa shape index (κ1) is 13.2. The molecule has 0 spiro atoms. The highest BCUT2D eigenvalue weighted by Gasteiger charge is 2.11. The molecule has 1 aromatic carbocycles. The van der Waals surface area contributed by atoms with Crippen molar-refractivity contribution in [1.29, 1.82) is 0 Å². The van der Waals surface area contributed by atoms with Crippen LogP contribution in [0.1, 0.15) is 37.1 Å². The van der Waals surface area contributed by atoms with Gasteiger partial charge < -0.3 is 0 Å². The van der Waals surface area contributed by atoms with Gasteiger partial charge in [-0.3, -0.25) is 4.79 Å². The molecule has 0 unspecified atom stereocenters. The molecule has 0 amide bonds. The van der Waals surface area contributed by atoms with Crippen molar-refractivity contribution < 1.29 is 4.39 Å². The van der Waals surface area contributed by atoms with Crippen molar-refractivity contribution in [2.24, 2.45) is 0 Å². The molecule has 0 aliphatic heterocycles. The smallest absolute Gasteiger partial charge is 0.191 e. The fourth-order valence-electron chi connectivity index (χ4n) is 2.18. The Morgan fingerprint density at radius 2 is 1.89 bits per heavy atom. The van der Waals surface area contributed by atoms with Gasteiger partial charge in [0.1, 0.15) is 5.82 Å². The summed E-state index contributed by atoms with van der Waals surface area (Å²) in [6, 6.07) is 4.50. The zero-order valence-electron chi connectivity index (χ0n) is 10.8. The van der Waals surface area contributed by atoms with E-state index in [2.05, 4.69) is 13.8 Å². The van der Waals surface area contributed by atoms with Gasteiger partial charge in [0.2, 0.25) is 0 Å². The first-order chi connectivity index (χ1) is 8.67. The highest BCUT2D eigenvalue weighted by Crippen LogP contribution is 2.24. The second-order valence-electron chi connectivity index (χ2n) is 4.47. The number of hydrogen-bond acceptors (Lipinski definition) is 2. The Morgan fingerprint density at radius 3 is 2.56 bits per heavy atom. The largest absolute Gasteiger partial charge is 0.289 e. The average molecular weight is 264 g/mol. The summed E-state index contributed by atoms with van der Waals surface area (Å²) in [7, 11) is 0. The molecule has 3 heteroatoms. The van der Waals surface area contributed by atoms with Gasteiger partial charge in [-0.15, -0.1) is 11.3 Å². The average Bonchev–Trinajstić information content (AvgIpc) is 2.35. The molecular formula is C15H17FOS. The van der Waals surface area contributed by atoms with Crippen LogP contribution in [0, 0.1) is 5.82 Å². The van der Waals surface area contributed by atoms with Crippen molar-refractivity contribution in [3.63, 3.8) is 0 Å². The van der Waals surface area contributed by atoms with Crippen LogP contribution in [0.15, 0.2) is 23.0 Å². The van der Waals surface area contributed by atoms with Crippen molar-refractivity contribution in [3.05, 3.63) is 44.7 Å². The molecule has 1 nitrogen and oxygen atoms in total. The zero-order chi connectivity index (χ0) is 13.1. The molecule has 2 rings (SSSR count). The molecule has 0 radical (unpaired) electrons. The Labute approximate surface area is 110 Å². The third kappa shape index (κ3) is 2.46. The minimum absolute atomic E-state index is 0.0218. The van der Waals surface area contributed by atoms with Crippen LogP contribution in [0.4, 0.5) is 4.39 Å². The van der Waals surface area contributed by atoms with E-state index in [9.17, 15) is 9.18 Å². The normalized spacial score (nSPS) is 11.1. The third-order valence-electron chi connectivity index (χ3n) is 3.01. The molecule has 0 saturated carbocycles. The van der Waals surface area contributed by atoms with Crippen molar-refractivity contribution in [2.45, 2.75) is 39.5 Å². The molecule has 96 valence electrons. The van der Waals surface area contributed by atoms with Gasteiger partial charge in [0.25, 0.3) is 0 Å². The van der Waals surface area contributed by atoms with Crippen LogP contribution >= 0.6 is 11.3 Å². The fraction of sp³-hybridized carbons (Fsp3) is 0.400. The fourth-order valence-corrected chi connectivity index (χ4v) is 3.47. The zero-order valence-corrected chi connectivity index (χ0v) is 11.6. The van der Waals surface area contributed by atoms with Crippen LogP contribution in [0.3, 0.4) is 0 Å². The highest BCUT2D eigenvalue weighted by molar-refractivity contribution is 7.18. The van der Waals surface area contributed by atoms with Gasteiger partial charge in [-0.1, -0.05) is 26.7 Å². The maximum absolute atomic E-state index is 13.2. The molecule has 0 bridgehead atoms. The number of aryl methyl sites for hydroxylation is 1. The van der Waals surface area contributed by atoms with E-state index in [4.69, 9.17) is 0 Å². The minimum Gasteiger partial charge on any atom is -0.289 e. The van der Waals surface area contributed by atoms with Crippen molar-refractivity contribution >= 4 is 21.4 Å². The monoisotopic (exact) mass is 264 g/mol. The van der Waals surface area contributed by atoms with E-state index in [0.29, 0.717) is 5.39 Å². The van der Waals surface area contributed by atoms with Crippen LogP contribution in [0.2, 0.25) is 0 Å². The molecule has 0 fully saturated rings. The van der Waals surface area contributed by atoms with Gasteiger partial charge in [0, 0.05) is 20.5 Å². The van der Waals surface area contributed by atoms with Crippen LogP contribution in [0.25, 0.3) is 10.1 Å². The number of halogens is 1. The molecule has 0 N–H and O–H groups in total. The lowest BCUT2D eigenvalue weighted by Crippen LogP contribution is -2.11. The minimum atomic E-state index is -0.336. The van der Waals surface area contributed by atoms with E-state index < -0.39 is 0 Å². The summed E-state index contributed by atoms with van der Waals surface area (Å²) in [6.07, 6.45) is 3.69. The van der Waals surface area contributed by atoms with Crippen molar-refractivity contribution in [1.82, 2.24) is 0 Å². The van der Waals surface area contributed by atoms with E-state index in [-0.39, 0.29) is 11.2 Å². The second kappa shape index (κ2) is 5.61.